The van der Waals surface area contributed by atoms with E-state index in [1.165, 1.54) is 6.07 Å². The summed E-state index contributed by atoms with van der Waals surface area (Å²) in [6.45, 7) is 5.18. The molecule has 0 aliphatic carbocycles. The normalized spacial score (nSPS) is 10.6. The Hall–Kier alpha value is -2.50. The van der Waals surface area contributed by atoms with Crippen molar-refractivity contribution in [2.45, 2.75) is 20.3 Å². The second-order valence-electron chi connectivity index (χ2n) is 5.68. The SMILES string of the molecule is CC(C)CNC(=O)c1ccc(NCCc2ccccc2F)nn1. The molecule has 0 radical (unpaired) electrons. The second-order valence-corrected chi connectivity index (χ2v) is 5.68. The van der Waals surface area contributed by atoms with Crippen LogP contribution in [-0.4, -0.2) is 29.2 Å². The van der Waals surface area contributed by atoms with Crippen LogP contribution in [0.25, 0.3) is 0 Å². The van der Waals surface area contributed by atoms with Crippen LogP contribution in [0.3, 0.4) is 0 Å². The lowest BCUT2D eigenvalue weighted by Crippen LogP contribution is -2.28. The van der Waals surface area contributed by atoms with Crippen LogP contribution in [0.2, 0.25) is 0 Å². The van der Waals surface area contributed by atoms with E-state index in [0.29, 0.717) is 36.8 Å². The van der Waals surface area contributed by atoms with Crippen LogP contribution in [0, 0.1) is 11.7 Å². The molecule has 0 fully saturated rings. The molecule has 1 aromatic heterocycles. The molecule has 0 saturated carbocycles. The maximum Gasteiger partial charge on any atom is 0.271 e. The minimum absolute atomic E-state index is 0.211. The highest BCUT2D eigenvalue weighted by Crippen LogP contribution is 2.08. The number of carbonyl (C=O) groups is 1. The van der Waals surface area contributed by atoms with Gasteiger partial charge in [0.05, 0.1) is 0 Å². The van der Waals surface area contributed by atoms with Crippen LogP contribution in [0.1, 0.15) is 29.9 Å². The summed E-state index contributed by atoms with van der Waals surface area (Å²) in [7, 11) is 0. The van der Waals surface area contributed by atoms with Crippen molar-refractivity contribution in [1.82, 2.24) is 15.5 Å². The van der Waals surface area contributed by atoms with Gasteiger partial charge in [-0.25, -0.2) is 4.39 Å². The van der Waals surface area contributed by atoms with Gasteiger partial charge < -0.3 is 10.6 Å². The third-order valence-electron chi connectivity index (χ3n) is 3.23. The van der Waals surface area contributed by atoms with Crippen LogP contribution in [0.15, 0.2) is 36.4 Å². The zero-order chi connectivity index (χ0) is 16.7. The molecule has 2 aromatic rings. The van der Waals surface area contributed by atoms with Crippen LogP contribution in [0.4, 0.5) is 10.2 Å². The molecule has 0 saturated heterocycles. The first-order valence-corrected chi connectivity index (χ1v) is 7.65. The van der Waals surface area contributed by atoms with Crippen molar-refractivity contribution in [2.75, 3.05) is 18.4 Å². The quantitative estimate of drug-likeness (QED) is 0.824. The fraction of sp³-hybridized carbons (Fsp3) is 0.353. The monoisotopic (exact) mass is 316 g/mol. The minimum atomic E-state index is -0.232. The Bertz CT molecular complexity index is 643. The molecule has 122 valence electrons. The molecule has 0 aliphatic heterocycles. The fourth-order valence-electron chi connectivity index (χ4n) is 1.96. The van der Waals surface area contributed by atoms with Gasteiger partial charge in [-0.2, -0.15) is 0 Å². The number of nitrogens with one attached hydrogen (secondary N) is 2. The standard InChI is InChI=1S/C17H21FN4O/c1-12(2)11-20-17(23)15-7-8-16(22-21-15)19-10-9-13-5-3-4-6-14(13)18/h3-8,12H,9-11H2,1-2H3,(H,19,22)(H,20,23). The molecule has 5 nitrogen and oxygen atoms in total. The van der Waals surface area contributed by atoms with E-state index in [1.807, 2.05) is 19.9 Å². The largest absolute Gasteiger partial charge is 0.368 e. The molecule has 2 N–H and O–H groups in total. The number of hydrogen-bond donors (Lipinski definition) is 2. The minimum Gasteiger partial charge on any atom is -0.368 e. The van der Waals surface area contributed by atoms with E-state index in [4.69, 9.17) is 0 Å². The maximum atomic E-state index is 13.5. The molecule has 6 heteroatoms. The summed E-state index contributed by atoms with van der Waals surface area (Å²) in [5.74, 6) is 0.495. The first-order chi connectivity index (χ1) is 11.1. The van der Waals surface area contributed by atoms with Gasteiger partial charge in [0.1, 0.15) is 11.6 Å². The fourth-order valence-corrected chi connectivity index (χ4v) is 1.96. The van der Waals surface area contributed by atoms with Gasteiger partial charge in [-0.1, -0.05) is 32.0 Å². The number of aromatic nitrogens is 2. The summed E-state index contributed by atoms with van der Waals surface area (Å²) in [6, 6.07) is 9.99. The van der Waals surface area contributed by atoms with Crippen molar-refractivity contribution in [3.8, 4) is 0 Å². The van der Waals surface area contributed by atoms with Crippen LogP contribution in [0.5, 0.6) is 0 Å². The number of anilines is 1. The Morgan fingerprint density at radius 3 is 2.61 bits per heavy atom. The van der Waals surface area contributed by atoms with Gasteiger partial charge in [-0.05, 0) is 36.1 Å². The molecular weight excluding hydrogens is 295 g/mol. The van der Waals surface area contributed by atoms with E-state index >= 15 is 0 Å². The first-order valence-electron chi connectivity index (χ1n) is 7.65. The number of hydrogen-bond acceptors (Lipinski definition) is 4. The first kappa shape index (κ1) is 16.9. The van der Waals surface area contributed by atoms with Crippen molar-refractivity contribution < 1.29 is 9.18 Å². The molecule has 1 amide bonds. The van der Waals surface area contributed by atoms with Gasteiger partial charge >= 0.3 is 0 Å². The molecule has 1 aromatic carbocycles. The zero-order valence-electron chi connectivity index (χ0n) is 13.3. The van der Waals surface area contributed by atoms with Crippen LogP contribution >= 0.6 is 0 Å². The van der Waals surface area contributed by atoms with Crippen LogP contribution in [-0.2, 0) is 6.42 Å². The number of carbonyl (C=O) groups excluding carboxylic acids is 1. The highest BCUT2D eigenvalue weighted by molar-refractivity contribution is 5.92. The summed E-state index contributed by atoms with van der Waals surface area (Å²) in [5.41, 5.74) is 0.933. The van der Waals surface area contributed by atoms with Crippen molar-refractivity contribution in [1.29, 1.82) is 0 Å². The molecular formula is C17H21FN4O. The van der Waals surface area contributed by atoms with Crippen molar-refractivity contribution in [2.24, 2.45) is 5.92 Å². The molecule has 1 heterocycles. The highest BCUT2D eigenvalue weighted by atomic mass is 19.1. The molecule has 0 bridgehead atoms. The number of halogens is 1. The topological polar surface area (TPSA) is 66.9 Å². The van der Waals surface area contributed by atoms with Gasteiger partial charge in [0.2, 0.25) is 0 Å². The molecule has 23 heavy (non-hydrogen) atoms. The Labute approximate surface area is 135 Å². The summed E-state index contributed by atoms with van der Waals surface area (Å²) in [6.07, 6.45) is 0.547. The lowest BCUT2D eigenvalue weighted by molar-refractivity contribution is 0.0943. The van der Waals surface area contributed by atoms with Crippen molar-refractivity contribution in [3.63, 3.8) is 0 Å². The van der Waals surface area contributed by atoms with Gasteiger partial charge in [0.25, 0.3) is 5.91 Å². The third kappa shape index (κ3) is 5.32. The Kier molecular flexibility index (Phi) is 6.02. The molecule has 0 aliphatic rings. The van der Waals surface area contributed by atoms with E-state index in [0.717, 1.165) is 0 Å². The number of amides is 1. The Balaban J connectivity index is 1.83. The molecule has 0 spiro atoms. The van der Waals surface area contributed by atoms with Crippen LogP contribution < -0.4 is 10.6 Å². The molecule has 2 rings (SSSR count). The van der Waals surface area contributed by atoms with E-state index < -0.39 is 0 Å². The van der Waals surface area contributed by atoms with Crippen molar-refractivity contribution >= 4 is 11.7 Å². The van der Waals surface area contributed by atoms with Gasteiger partial charge in [-0.3, -0.25) is 4.79 Å². The number of rotatable bonds is 7. The average Bonchev–Trinajstić information content (AvgIpc) is 2.55. The highest BCUT2D eigenvalue weighted by Gasteiger charge is 2.08. The van der Waals surface area contributed by atoms with Crippen molar-refractivity contribution in [3.05, 3.63) is 53.5 Å². The summed E-state index contributed by atoms with van der Waals surface area (Å²) < 4.78 is 13.5. The van der Waals surface area contributed by atoms with E-state index in [2.05, 4.69) is 20.8 Å². The molecule has 0 atom stereocenters. The lowest BCUT2D eigenvalue weighted by Gasteiger charge is -2.08. The number of nitrogens with zero attached hydrogens (tertiary/aromatic N) is 2. The smallest absolute Gasteiger partial charge is 0.271 e. The summed E-state index contributed by atoms with van der Waals surface area (Å²) in [5, 5.41) is 13.7. The second kappa shape index (κ2) is 8.22. The van der Waals surface area contributed by atoms with Gasteiger partial charge in [0.15, 0.2) is 5.69 Å². The number of benzene rings is 1. The predicted octanol–water partition coefficient (Wildman–Crippen LogP) is 2.66. The zero-order valence-corrected chi connectivity index (χ0v) is 13.3. The van der Waals surface area contributed by atoms with Gasteiger partial charge in [-0.15, -0.1) is 10.2 Å². The van der Waals surface area contributed by atoms with E-state index in [-0.39, 0.29) is 17.4 Å². The average molecular weight is 316 g/mol. The van der Waals surface area contributed by atoms with Gasteiger partial charge in [0, 0.05) is 13.1 Å². The predicted molar refractivity (Wildman–Crippen MR) is 87.8 cm³/mol. The Morgan fingerprint density at radius 2 is 1.96 bits per heavy atom. The maximum absolute atomic E-state index is 13.5. The lowest BCUT2D eigenvalue weighted by atomic mass is 10.1. The Morgan fingerprint density at radius 1 is 1.17 bits per heavy atom. The summed E-state index contributed by atoms with van der Waals surface area (Å²) in [4.78, 5) is 11.8. The summed E-state index contributed by atoms with van der Waals surface area (Å²) >= 11 is 0. The third-order valence-corrected chi connectivity index (χ3v) is 3.23. The van der Waals surface area contributed by atoms with E-state index in [1.54, 1.807) is 24.3 Å². The molecule has 0 unspecified atom stereocenters. The van der Waals surface area contributed by atoms with E-state index in [9.17, 15) is 9.18 Å².